The molecule has 0 atom stereocenters. The standard InChI is InChI=1S/C22H24N2O4S/c1-14-8-9-15(2)20(16(14)3)28-22(25)17-10-12-24(13-11-17)21-18-6-4-5-7-19(18)29(26,27)23-21/h4-9,17H,10-13H2,1-3H3. The van der Waals surface area contributed by atoms with Crippen molar-refractivity contribution in [3.63, 3.8) is 0 Å². The van der Waals surface area contributed by atoms with Crippen LogP contribution in [0.3, 0.4) is 0 Å². The van der Waals surface area contributed by atoms with Crippen LogP contribution in [0.2, 0.25) is 0 Å². The van der Waals surface area contributed by atoms with Crippen molar-refractivity contribution in [3.8, 4) is 5.75 Å². The molecule has 0 amide bonds. The number of carbonyl (C=O) groups excluding carboxylic acids is 1. The molecule has 2 aromatic carbocycles. The summed E-state index contributed by atoms with van der Waals surface area (Å²) in [5, 5.41) is 0. The van der Waals surface area contributed by atoms with Gasteiger partial charge in [0.1, 0.15) is 10.6 Å². The van der Waals surface area contributed by atoms with Gasteiger partial charge >= 0.3 is 5.97 Å². The molecule has 2 aliphatic rings. The molecule has 2 aromatic rings. The van der Waals surface area contributed by atoms with Crippen LogP contribution < -0.4 is 4.74 Å². The highest BCUT2D eigenvalue weighted by Gasteiger charge is 2.35. The van der Waals surface area contributed by atoms with E-state index in [1.165, 1.54) is 0 Å². The number of likely N-dealkylation sites (tertiary alicyclic amines) is 1. The van der Waals surface area contributed by atoms with Gasteiger partial charge in [0.25, 0.3) is 10.0 Å². The smallest absolute Gasteiger partial charge is 0.314 e. The SMILES string of the molecule is Cc1ccc(C)c(OC(=O)C2CCN(C3=NS(=O)(=O)c4ccccc43)CC2)c1C. The zero-order valence-electron chi connectivity index (χ0n) is 16.8. The Labute approximate surface area is 171 Å². The molecule has 0 unspecified atom stereocenters. The number of hydrogen-bond donors (Lipinski definition) is 0. The molecular weight excluding hydrogens is 388 g/mol. The number of hydrogen-bond acceptors (Lipinski definition) is 5. The maximum absolute atomic E-state index is 12.7. The van der Waals surface area contributed by atoms with Gasteiger partial charge in [-0.25, -0.2) is 0 Å². The molecule has 2 heterocycles. The van der Waals surface area contributed by atoms with Crippen LogP contribution in [0.5, 0.6) is 5.75 Å². The maximum atomic E-state index is 12.7. The fourth-order valence-electron chi connectivity index (χ4n) is 3.91. The van der Waals surface area contributed by atoms with Crippen molar-refractivity contribution >= 4 is 21.8 Å². The number of nitrogens with zero attached hydrogens (tertiary/aromatic N) is 2. The van der Waals surface area contributed by atoms with E-state index in [9.17, 15) is 13.2 Å². The number of carbonyl (C=O) groups is 1. The minimum absolute atomic E-state index is 0.209. The lowest BCUT2D eigenvalue weighted by Gasteiger charge is -2.32. The molecule has 7 heteroatoms. The molecule has 152 valence electrons. The second-order valence-corrected chi connectivity index (χ2v) is 9.29. The van der Waals surface area contributed by atoms with Gasteiger partial charge in [0.2, 0.25) is 0 Å². The predicted molar refractivity (Wildman–Crippen MR) is 111 cm³/mol. The summed E-state index contributed by atoms with van der Waals surface area (Å²) in [6.45, 7) is 7.03. The third-order valence-electron chi connectivity index (χ3n) is 5.82. The van der Waals surface area contributed by atoms with Crippen molar-refractivity contribution in [2.45, 2.75) is 38.5 Å². The van der Waals surface area contributed by atoms with Crippen LogP contribution >= 0.6 is 0 Å². The molecule has 1 saturated heterocycles. The monoisotopic (exact) mass is 412 g/mol. The van der Waals surface area contributed by atoms with Gasteiger partial charge in [0, 0.05) is 18.7 Å². The molecule has 4 rings (SSSR count). The number of rotatable bonds is 2. The van der Waals surface area contributed by atoms with E-state index in [1.807, 2.05) is 43.9 Å². The topological polar surface area (TPSA) is 76.0 Å². The van der Waals surface area contributed by atoms with Crippen molar-refractivity contribution in [1.29, 1.82) is 0 Å². The largest absolute Gasteiger partial charge is 0.426 e. The second kappa shape index (κ2) is 7.30. The number of sulfonamides is 1. The summed E-state index contributed by atoms with van der Waals surface area (Å²) in [6.07, 6.45) is 1.20. The van der Waals surface area contributed by atoms with E-state index in [4.69, 9.17) is 4.74 Å². The van der Waals surface area contributed by atoms with Crippen LogP contribution in [0.25, 0.3) is 0 Å². The van der Waals surface area contributed by atoms with E-state index in [2.05, 4.69) is 4.40 Å². The molecule has 6 nitrogen and oxygen atoms in total. The Morgan fingerprint density at radius 2 is 1.69 bits per heavy atom. The summed E-state index contributed by atoms with van der Waals surface area (Å²) in [7, 11) is -3.63. The predicted octanol–water partition coefficient (Wildman–Crippen LogP) is 3.38. The number of fused-ring (bicyclic) bond motifs is 1. The average molecular weight is 413 g/mol. The van der Waals surface area contributed by atoms with E-state index < -0.39 is 10.0 Å². The van der Waals surface area contributed by atoms with Crippen molar-refractivity contribution in [3.05, 3.63) is 58.7 Å². The first kappa shape index (κ1) is 19.6. The van der Waals surface area contributed by atoms with Crippen molar-refractivity contribution in [2.75, 3.05) is 13.1 Å². The number of benzene rings is 2. The molecule has 29 heavy (non-hydrogen) atoms. The first-order chi connectivity index (χ1) is 13.8. The molecule has 0 aliphatic carbocycles. The minimum Gasteiger partial charge on any atom is -0.426 e. The summed E-state index contributed by atoms with van der Waals surface area (Å²) < 4.78 is 34.3. The Kier molecular flexibility index (Phi) is 4.94. The van der Waals surface area contributed by atoms with E-state index in [1.54, 1.807) is 18.2 Å². The third-order valence-corrected chi connectivity index (χ3v) is 7.14. The number of piperidine rings is 1. The van der Waals surface area contributed by atoms with Gasteiger partial charge < -0.3 is 9.64 Å². The quantitative estimate of drug-likeness (QED) is 0.558. The molecule has 0 saturated carbocycles. The lowest BCUT2D eigenvalue weighted by atomic mass is 9.96. The van der Waals surface area contributed by atoms with E-state index in [0.29, 0.717) is 43.1 Å². The van der Waals surface area contributed by atoms with Gasteiger partial charge in [-0.3, -0.25) is 4.79 Å². The minimum atomic E-state index is -3.63. The molecule has 0 aromatic heterocycles. The molecule has 0 spiro atoms. The lowest BCUT2D eigenvalue weighted by Crippen LogP contribution is -2.41. The number of ether oxygens (including phenoxy) is 1. The summed E-state index contributed by atoms with van der Waals surface area (Å²) in [6, 6.07) is 10.9. The Morgan fingerprint density at radius 1 is 1.03 bits per heavy atom. The van der Waals surface area contributed by atoms with Crippen LogP contribution in [0.4, 0.5) is 0 Å². The Bertz CT molecular complexity index is 1110. The zero-order valence-corrected chi connectivity index (χ0v) is 17.6. The maximum Gasteiger partial charge on any atom is 0.314 e. The summed E-state index contributed by atoms with van der Waals surface area (Å²) in [4.78, 5) is 15.0. The number of amidine groups is 1. The Balaban J connectivity index is 1.46. The first-order valence-electron chi connectivity index (χ1n) is 9.76. The van der Waals surface area contributed by atoms with Gasteiger partial charge in [-0.2, -0.15) is 8.42 Å². The van der Waals surface area contributed by atoms with Gasteiger partial charge in [0.15, 0.2) is 5.84 Å². The van der Waals surface area contributed by atoms with Crippen molar-refractivity contribution in [2.24, 2.45) is 10.3 Å². The average Bonchev–Trinajstić information content (AvgIpc) is 2.99. The van der Waals surface area contributed by atoms with Crippen molar-refractivity contribution in [1.82, 2.24) is 4.90 Å². The Hall–Kier alpha value is -2.67. The van der Waals surface area contributed by atoms with Gasteiger partial charge in [-0.1, -0.05) is 24.3 Å². The molecule has 1 fully saturated rings. The zero-order chi connectivity index (χ0) is 20.8. The summed E-state index contributed by atoms with van der Waals surface area (Å²) >= 11 is 0. The van der Waals surface area contributed by atoms with Crippen LogP contribution in [0.1, 0.15) is 35.1 Å². The fraction of sp³-hybridized carbons (Fsp3) is 0.364. The Morgan fingerprint density at radius 3 is 2.41 bits per heavy atom. The third kappa shape index (κ3) is 3.55. The highest BCUT2D eigenvalue weighted by atomic mass is 32.2. The molecular formula is C22H24N2O4S. The normalized spacial score (nSPS) is 18.3. The van der Waals surface area contributed by atoms with Crippen molar-refractivity contribution < 1.29 is 17.9 Å². The molecule has 2 aliphatic heterocycles. The van der Waals surface area contributed by atoms with Crippen LogP contribution in [-0.2, 0) is 14.8 Å². The molecule has 0 bridgehead atoms. The lowest BCUT2D eigenvalue weighted by molar-refractivity contribution is -0.140. The van der Waals surface area contributed by atoms with Crippen LogP contribution in [-0.4, -0.2) is 38.2 Å². The van der Waals surface area contributed by atoms with E-state index in [0.717, 1.165) is 16.7 Å². The van der Waals surface area contributed by atoms with E-state index >= 15 is 0 Å². The second-order valence-electron chi connectivity index (χ2n) is 7.72. The number of esters is 1. The van der Waals surface area contributed by atoms with Gasteiger partial charge in [0.05, 0.1) is 5.92 Å². The van der Waals surface area contributed by atoms with Gasteiger partial charge in [-0.15, -0.1) is 4.40 Å². The number of aryl methyl sites for hydroxylation is 2. The van der Waals surface area contributed by atoms with Crippen LogP contribution in [0.15, 0.2) is 45.7 Å². The highest BCUT2D eigenvalue weighted by Crippen LogP contribution is 2.31. The fourth-order valence-corrected chi connectivity index (χ4v) is 5.14. The summed E-state index contributed by atoms with van der Waals surface area (Å²) in [5.41, 5.74) is 3.66. The van der Waals surface area contributed by atoms with Gasteiger partial charge in [-0.05, 0) is 62.4 Å². The summed E-state index contributed by atoms with van der Waals surface area (Å²) in [5.74, 6) is 0.706. The first-order valence-corrected chi connectivity index (χ1v) is 11.2. The molecule has 0 radical (unpaired) electrons. The van der Waals surface area contributed by atoms with Crippen LogP contribution in [0, 0.1) is 26.7 Å². The molecule has 0 N–H and O–H groups in total. The van der Waals surface area contributed by atoms with E-state index in [-0.39, 0.29) is 16.8 Å². The highest BCUT2D eigenvalue weighted by molar-refractivity contribution is 7.90.